The molecule has 3 aromatic carbocycles. The molecule has 0 aliphatic heterocycles. The second-order valence-corrected chi connectivity index (χ2v) is 7.00. The third-order valence-corrected chi connectivity index (χ3v) is 4.62. The fourth-order valence-corrected chi connectivity index (χ4v) is 2.92. The summed E-state index contributed by atoms with van der Waals surface area (Å²) in [6.45, 7) is 2.23. The average molecular weight is 481 g/mol. The van der Waals surface area contributed by atoms with Gasteiger partial charge in [0.05, 0.1) is 17.3 Å². The lowest BCUT2D eigenvalue weighted by molar-refractivity contribution is -0.122. The summed E-state index contributed by atoms with van der Waals surface area (Å²) in [5.74, 6) is 0.915. The van der Waals surface area contributed by atoms with Crippen molar-refractivity contribution in [3.05, 3.63) is 94.8 Å². The molecule has 3 aromatic rings. The summed E-state index contributed by atoms with van der Waals surface area (Å²) in [6, 6.07) is 21.3. The Bertz CT molecular complexity index is 1090. The molecule has 0 aliphatic rings. The maximum absolute atomic E-state index is 14.0. The van der Waals surface area contributed by atoms with Crippen molar-refractivity contribution < 1.29 is 28.9 Å². The Balaban J connectivity index is 0.00000114. The molecule has 184 valence electrons. The van der Waals surface area contributed by atoms with Gasteiger partial charge in [0.1, 0.15) is 30.5 Å². The molecule has 0 saturated carbocycles. The van der Waals surface area contributed by atoms with E-state index in [0.29, 0.717) is 34.9 Å². The lowest BCUT2D eigenvalue weighted by Gasteiger charge is -2.10. The molecule has 3 rings (SSSR count). The summed E-state index contributed by atoms with van der Waals surface area (Å²) < 4.78 is 25.3. The highest BCUT2D eigenvalue weighted by Crippen LogP contribution is 2.20. The SMILES string of the molecule is CCCc1ccc(OCc2ccc(OCC(=N)c3ccc(C#N)cc3)cc2)cc1F.CO.O=CO. The molecule has 0 bridgehead atoms. The van der Waals surface area contributed by atoms with Crippen LogP contribution < -0.4 is 9.47 Å². The number of hydrogen-bond acceptors (Lipinski definition) is 6. The van der Waals surface area contributed by atoms with Gasteiger partial charge in [0.15, 0.2) is 0 Å². The number of hydrogen-bond donors (Lipinski definition) is 3. The Morgan fingerprint density at radius 3 is 2.17 bits per heavy atom. The average Bonchev–Trinajstić information content (AvgIpc) is 2.90. The molecule has 0 saturated heterocycles. The number of rotatable bonds is 9. The van der Waals surface area contributed by atoms with E-state index in [1.807, 2.05) is 31.2 Å². The molecule has 0 unspecified atom stereocenters. The first-order chi connectivity index (χ1) is 17.0. The number of nitrogens with one attached hydrogen (secondary N) is 1. The van der Waals surface area contributed by atoms with E-state index >= 15 is 0 Å². The zero-order chi connectivity index (χ0) is 26.1. The highest BCUT2D eigenvalue weighted by molar-refractivity contribution is 5.99. The third kappa shape index (κ3) is 10.1. The van der Waals surface area contributed by atoms with Crippen molar-refractivity contribution in [2.24, 2.45) is 0 Å². The number of aryl methyl sites for hydroxylation is 1. The first kappa shape index (κ1) is 28.8. The van der Waals surface area contributed by atoms with E-state index in [1.165, 1.54) is 6.07 Å². The predicted octanol–water partition coefficient (Wildman–Crippen LogP) is 4.99. The van der Waals surface area contributed by atoms with Gasteiger partial charge in [-0.15, -0.1) is 0 Å². The van der Waals surface area contributed by atoms with Gasteiger partial charge in [-0.05, 0) is 53.4 Å². The molecule has 8 heteroatoms. The summed E-state index contributed by atoms with van der Waals surface area (Å²) in [7, 11) is 1.00. The quantitative estimate of drug-likeness (QED) is 0.293. The van der Waals surface area contributed by atoms with Crippen molar-refractivity contribution in [3.8, 4) is 17.6 Å². The standard InChI is InChI=1S/C25H23FN2O2.CH2O2.CH4O/c1-2-3-20-10-13-23(14-24(20)26)29-16-19-6-11-22(12-7-19)30-17-25(28)21-8-4-18(15-27)5-9-21;2-1-3;1-2/h4-14,28H,2-3,16-17H2,1H3;1H,(H,2,3);2H,1H3. The van der Waals surface area contributed by atoms with Crippen LogP contribution in [0.5, 0.6) is 11.5 Å². The molecule has 0 atom stereocenters. The number of nitriles is 1. The van der Waals surface area contributed by atoms with Gasteiger partial charge in [-0.25, -0.2) is 4.39 Å². The van der Waals surface area contributed by atoms with Crippen LogP contribution in [0.1, 0.15) is 35.6 Å². The van der Waals surface area contributed by atoms with Crippen LogP contribution in [0.15, 0.2) is 66.7 Å². The van der Waals surface area contributed by atoms with Crippen LogP contribution in [-0.2, 0) is 17.8 Å². The smallest absolute Gasteiger partial charge is 0.290 e. The minimum atomic E-state index is -0.250. The van der Waals surface area contributed by atoms with Crippen LogP contribution in [0.2, 0.25) is 0 Å². The molecule has 7 nitrogen and oxygen atoms in total. The zero-order valence-corrected chi connectivity index (χ0v) is 19.7. The normalized spacial score (nSPS) is 9.34. The molecular formula is C27H29FN2O5. The fraction of sp³-hybridized carbons (Fsp3) is 0.222. The van der Waals surface area contributed by atoms with E-state index in [-0.39, 0.29) is 18.9 Å². The molecule has 0 heterocycles. The number of aliphatic hydroxyl groups is 1. The summed E-state index contributed by atoms with van der Waals surface area (Å²) in [4.78, 5) is 8.36. The monoisotopic (exact) mass is 480 g/mol. The van der Waals surface area contributed by atoms with Crippen molar-refractivity contribution in [2.45, 2.75) is 26.4 Å². The lowest BCUT2D eigenvalue weighted by Crippen LogP contribution is -2.11. The van der Waals surface area contributed by atoms with Crippen molar-refractivity contribution >= 4 is 12.2 Å². The first-order valence-electron chi connectivity index (χ1n) is 10.7. The Kier molecular flexibility index (Phi) is 13.5. The van der Waals surface area contributed by atoms with E-state index in [9.17, 15) is 4.39 Å². The van der Waals surface area contributed by atoms with Crippen molar-refractivity contribution in [1.29, 1.82) is 10.7 Å². The molecule has 0 radical (unpaired) electrons. The lowest BCUT2D eigenvalue weighted by atomic mass is 10.1. The summed E-state index contributed by atoms with van der Waals surface area (Å²) in [6.07, 6.45) is 1.62. The van der Waals surface area contributed by atoms with Crippen LogP contribution in [0.25, 0.3) is 0 Å². The largest absolute Gasteiger partial charge is 0.489 e. The van der Waals surface area contributed by atoms with Gasteiger partial charge >= 0.3 is 0 Å². The van der Waals surface area contributed by atoms with E-state index in [4.69, 9.17) is 35.2 Å². The Hall–Kier alpha value is -4.22. The van der Waals surface area contributed by atoms with E-state index in [1.54, 1.807) is 36.4 Å². The first-order valence-corrected chi connectivity index (χ1v) is 10.7. The van der Waals surface area contributed by atoms with E-state index in [0.717, 1.165) is 31.1 Å². The summed E-state index contributed by atoms with van der Waals surface area (Å²) >= 11 is 0. The molecule has 0 fully saturated rings. The predicted molar refractivity (Wildman–Crippen MR) is 131 cm³/mol. The van der Waals surface area contributed by atoms with Gasteiger partial charge in [0, 0.05) is 13.2 Å². The van der Waals surface area contributed by atoms with Crippen molar-refractivity contribution in [1.82, 2.24) is 0 Å². The van der Waals surface area contributed by atoms with Gasteiger partial charge in [0.2, 0.25) is 0 Å². The van der Waals surface area contributed by atoms with Crippen LogP contribution >= 0.6 is 0 Å². The second-order valence-electron chi connectivity index (χ2n) is 7.00. The molecule has 0 aliphatic carbocycles. The van der Waals surface area contributed by atoms with Gasteiger partial charge < -0.3 is 25.1 Å². The van der Waals surface area contributed by atoms with Crippen molar-refractivity contribution in [3.63, 3.8) is 0 Å². The van der Waals surface area contributed by atoms with E-state index < -0.39 is 0 Å². The maximum atomic E-state index is 14.0. The Morgan fingerprint density at radius 2 is 1.63 bits per heavy atom. The number of ether oxygens (including phenoxy) is 2. The van der Waals surface area contributed by atoms with Crippen LogP contribution in [0.3, 0.4) is 0 Å². The number of benzene rings is 3. The minimum Gasteiger partial charge on any atom is -0.489 e. The number of nitrogens with zero attached hydrogens (tertiary/aromatic N) is 1. The molecule has 0 amide bonds. The molecule has 35 heavy (non-hydrogen) atoms. The summed E-state index contributed by atoms with van der Waals surface area (Å²) in [5.41, 5.74) is 3.25. The Labute approximate surface area is 204 Å². The van der Waals surface area contributed by atoms with Gasteiger partial charge in [-0.3, -0.25) is 4.79 Å². The topological polar surface area (TPSA) is 124 Å². The van der Waals surface area contributed by atoms with Crippen molar-refractivity contribution in [2.75, 3.05) is 13.7 Å². The van der Waals surface area contributed by atoms with Gasteiger partial charge in [-0.1, -0.05) is 43.7 Å². The van der Waals surface area contributed by atoms with Crippen LogP contribution in [-0.4, -0.2) is 36.1 Å². The molecular weight excluding hydrogens is 451 g/mol. The number of carboxylic acid groups (broad SMARTS) is 1. The third-order valence-electron chi connectivity index (χ3n) is 4.62. The molecule has 0 spiro atoms. The number of carbonyl (C=O) groups is 1. The summed E-state index contributed by atoms with van der Waals surface area (Å²) in [5, 5.41) is 30.8. The number of aliphatic hydroxyl groups excluding tert-OH is 1. The Morgan fingerprint density at radius 1 is 1.03 bits per heavy atom. The highest BCUT2D eigenvalue weighted by atomic mass is 19.1. The second kappa shape index (κ2) is 16.4. The zero-order valence-electron chi connectivity index (χ0n) is 19.7. The van der Waals surface area contributed by atoms with E-state index in [2.05, 4.69) is 6.07 Å². The molecule has 0 aromatic heterocycles. The maximum Gasteiger partial charge on any atom is 0.290 e. The highest BCUT2D eigenvalue weighted by Gasteiger charge is 2.06. The number of halogens is 1. The fourth-order valence-electron chi connectivity index (χ4n) is 2.92. The molecule has 3 N–H and O–H groups in total. The van der Waals surface area contributed by atoms with Gasteiger partial charge in [0.25, 0.3) is 6.47 Å². The van der Waals surface area contributed by atoms with Crippen LogP contribution in [0, 0.1) is 22.6 Å². The van der Waals surface area contributed by atoms with Gasteiger partial charge in [-0.2, -0.15) is 5.26 Å². The minimum absolute atomic E-state index is 0.130. The van der Waals surface area contributed by atoms with Crippen LogP contribution in [0.4, 0.5) is 4.39 Å².